The van der Waals surface area contributed by atoms with Gasteiger partial charge in [-0.05, 0) is 0 Å². The number of ether oxygens (including phenoxy) is 1. The van der Waals surface area contributed by atoms with Crippen LogP contribution in [0.1, 0.15) is 0 Å². The maximum absolute atomic E-state index is 9.99. The van der Waals surface area contributed by atoms with E-state index in [0.717, 1.165) is 7.11 Å². The quantitative estimate of drug-likeness (QED) is 0.342. The molecule has 6 amide bonds. The number of carboxylic acid groups (broad SMARTS) is 1. The van der Waals surface area contributed by atoms with E-state index in [4.69, 9.17) is 5.11 Å². The van der Waals surface area contributed by atoms with Gasteiger partial charge in [-0.3, -0.25) is 0 Å². The summed E-state index contributed by atoms with van der Waals surface area (Å²) in [6.45, 7) is 0. The van der Waals surface area contributed by atoms with Crippen LogP contribution in [0.25, 0.3) is 0 Å². The van der Waals surface area contributed by atoms with Gasteiger partial charge in [-0.2, -0.15) is 0 Å². The number of nitrogens with two attached hydrogens (primary N) is 2. The number of rotatable bonds is 0. The zero-order chi connectivity index (χ0) is 12.4. The molecule has 10 heteroatoms. The summed E-state index contributed by atoms with van der Waals surface area (Å²) in [5.74, 6) is 0. The van der Waals surface area contributed by atoms with E-state index in [-0.39, 0.29) is 0 Å². The lowest BCUT2D eigenvalue weighted by Gasteiger charge is -1.94. The van der Waals surface area contributed by atoms with Gasteiger partial charge < -0.3 is 21.3 Å². The molecular weight excluding hydrogens is 212 g/mol. The van der Waals surface area contributed by atoms with Gasteiger partial charge in [0.1, 0.15) is 0 Å². The number of carbonyl (C=O) groups excluding carboxylic acids is 3. The number of carbonyl (C=O) groups is 4. The molecule has 0 saturated carbocycles. The lowest BCUT2D eigenvalue weighted by atomic mass is 11.0. The minimum Gasteiger partial charge on any atom is -0.465 e. The number of methoxy groups -OCH3 is 1. The molecule has 0 bridgehead atoms. The van der Waals surface area contributed by atoms with E-state index in [2.05, 4.69) is 16.2 Å². The van der Waals surface area contributed by atoms with Crippen molar-refractivity contribution in [2.75, 3.05) is 7.11 Å². The van der Waals surface area contributed by atoms with E-state index < -0.39 is 24.2 Å². The zero-order valence-electron chi connectivity index (χ0n) is 7.64. The fraction of sp³-hybridized carbons (Fsp3) is 0.200. The highest BCUT2D eigenvalue weighted by Gasteiger charge is 1.98. The monoisotopic (exact) mass is 222 g/mol. The predicted octanol–water partition coefficient (Wildman–Crippen LogP) is -1.25. The Kier molecular flexibility index (Phi) is 8.08. The van der Waals surface area contributed by atoms with Crippen molar-refractivity contribution in [3.05, 3.63) is 0 Å². The van der Waals surface area contributed by atoms with Gasteiger partial charge in [0.2, 0.25) is 0 Å². The van der Waals surface area contributed by atoms with Crippen molar-refractivity contribution in [1.82, 2.24) is 10.6 Å². The number of alkyl carbamates (subject to hydrolysis) is 1. The van der Waals surface area contributed by atoms with Gasteiger partial charge in [-0.15, -0.1) is 0 Å². The second kappa shape index (κ2) is 8.10. The number of nitrogens with one attached hydrogen (secondary N) is 2. The molecule has 7 N–H and O–H groups in total. The molecule has 0 rings (SSSR count). The van der Waals surface area contributed by atoms with Crippen LogP contribution in [0, 0.1) is 0 Å². The van der Waals surface area contributed by atoms with Crippen molar-refractivity contribution in [2.45, 2.75) is 0 Å². The number of hydrogen-bond donors (Lipinski definition) is 5. The van der Waals surface area contributed by atoms with Gasteiger partial charge in [-0.1, -0.05) is 0 Å². The summed E-state index contributed by atoms with van der Waals surface area (Å²) in [6.07, 6.45) is -2.29. The Morgan fingerprint density at radius 2 is 1.47 bits per heavy atom. The zero-order valence-corrected chi connectivity index (χ0v) is 7.64. The van der Waals surface area contributed by atoms with Crippen molar-refractivity contribution in [3.8, 4) is 0 Å². The van der Waals surface area contributed by atoms with Crippen LogP contribution in [0.3, 0.4) is 0 Å². The first-order valence-corrected chi connectivity index (χ1v) is 3.23. The van der Waals surface area contributed by atoms with Crippen LogP contribution < -0.4 is 22.1 Å². The van der Waals surface area contributed by atoms with Crippen molar-refractivity contribution in [1.29, 1.82) is 0 Å². The number of amides is 6. The van der Waals surface area contributed by atoms with Crippen molar-refractivity contribution in [3.63, 3.8) is 0 Å². The highest BCUT2D eigenvalue weighted by atomic mass is 16.5. The third kappa shape index (κ3) is 18.4. The van der Waals surface area contributed by atoms with Crippen LogP contribution in [0.5, 0.6) is 0 Å². The number of urea groups is 2. The molecule has 0 aromatic carbocycles. The molecule has 0 heterocycles. The van der Waals surface area contributed by atoms with Gasteiger partial charge in [0.15, 0.2) is 0 Å². The average molecular weight is 222 g/mol. The lowest BCUT2D eigenvalue weighted by Crippen LogP contribution is -2.34. The van der Waals surface area contributed by atoms with Crippen LogP contribution in [0.4, 0.5) is 19.2 Å². The molecule has 0 fully saturated rings. The fourth-order valence-corrected chi connectivity index (χ4v) is 0.257. The topological polar surface area (TPSA) is 174 Å². The Labute approximate surface area is 83.5 Å². The molecule has 15 heavy (non-hydrogen) atoms. The normalized spacial score (nSPS) is 7.53. The van der Waals surface area contributed by atoms with Crippen LogP contribution in [-0.4, -0.2) is 36.5 Å². The van der Waals surface area contributed by atoms with Gasteiger partial charge in [-0.25, -0.2) is 29.8 Å². The summed E-state index contributed by atoms with van der Waals surface area (Å²) in [7, 11) is 1.14. The molecule has 86 valence electrons. The van der Waals surface area contributed by atoms with E-state index in [1.807, 2.05) is 0 Å². The number of imide groups is 2. The summed E-state index contributed by atoms with van der Waals surface area (Å²) in [6, 6.07) is -1.98. The van der Waals surface area contributed by atoms with Crippen LogP contribution in [0.2, 0.25) is 0 Å². The summed E-state index contributed by atoms with van der Waals surface area (Å²) in [5, 5.41) is 10.7. The number of hydrogen-bond acceptors (Lipinski definition) is 5. The number of primary amides is 2. The molecule has 0 aromatic heterocycles. The molecule has 0 aliphatic heterocycles. The molecule has 0 aliphatic carbocycles. The first kappa shape index (κ1) is 15.0. The van der Waals surface area contributed by atoms with Gasteiger partial charge >= 0.3 is 24.2 Å². The molecule has 0 aliphatic rings. The lowest BCUT2D eigenvalue weighted by molar-refractivity contribution is 0.171. The molecule has 0 atom stereocenters. The first-order valence-electron chi connectivity index (χ1n) is 3.23. The van der Waals surface area contributed by atoms with Gasteiger partial charge in [0.05, 0.1) is 7.11 Å². The Morgan fingerprint density at radius 3 is 1.53 bits per heavy atom. The maximum atomic E-state index is 9.99. The Bertz CT molecular complexity index is 252. The second-order valence-electron chi connectivity index (χ2n) is 1.78. The molecule has 0 unspecified atom stereocenters. The first-order chi connectivity index (χ1) is 6.79. The summed E-state index contributed by atoms with van der Waals surface area (Å²) < 4.78 is 4.01. The van der Waals surface area contributed by atoms with E-state index in [1.165, 1.54) is 5.32 Å². The molecular formula is C5H10N4O6. The molecule has 0 radical (unpaired) electrons. The molecule has 10 nitrogen and oxygen atoms in total. The van der Waals surface area contributed by atoms with E-state index >= 15 is 0 Å². The summed E-state index contributed by atoms with van der Waals surface area (Å²) >= 11 is 0. The van der Waals surface area contributed by atoms with E-state index in [0.29, 0.717) is 0 Å². The third-order valence-corrected chi connectivity index (χ3v) is 0.641. The summed E-state index contributed by atoms with van der Waals surface area (Å²) in [4.78, 5) is 38.7. The largest absolute Gasteiger partial charge is 0.465 e. The van der Waals surface area contributed by atoms with Crippen molar-refractivity contribution < 1.29 is 29.0 Å². The van der Waals surface area contributed by atoms with E-state index in [9.17, 15) is 19.2 Å². The highest BCUT2D eigenvalue weighted by Crippen LogP contribution is 1.66. The molecule has 0 aromatic rings. The standard InChI is InChI=1S/C3H6N2O3.C2H4N2O3/c1-8-3(7)5-2(4)6;3-1(5)4-2(6)7/h1H3,(H3,4,5,6,7);(H,6,7)(H3,3,4,5). The van der Waals surface area contributed by atoms with Crippen LogP contribution >= 0.6 is 0 Å². The van der Waals surface area contributed by atoms with Gasteiger partial charge in [0.25, 0.3) is 0 Å². The van der Waals surface area contributed by atoms with Crippen molar-refractivity contribution in [2.24, 2.45) is 11.5 Å². The van der Waals surface area contributed by atoms with Crippen LogP contribution in [-0.2, 0) is 4.74 Å². The predicted molar refractivity (Wildman–Crippen MR) is 45.9 cm³/mol. The average Bonchev–Trinajstić information content (AvgIpc) is 2.01. The second-order valence-corrected chi connectivity index (χ2v) is 1.78. The minimum absolute atomic E-state index is 0.850. The Balaban J connectivity index is 0. The molecule has 0 saturated heterocycles. The highest BCUT2D eigenvalue weighted by molar-refractivity contribution is 5.89. The fourth-order valence-electron chi connectivity index (χ4n) is 0.257. The smallest absolute Gasteiger partial charge is 0.415 e. The minimum atomic E-state index is -1.44. The van der Waals surface area contributed by atoms with Crippen LogP contribution in [0.15, 0.2) is 0 Å². The van der Waals surface area contributed by atoms with E-state index in [1.54, 1.807) is 5.32 Å². The summed E-state index contributed by atoms with van der Waals surface area (Å²) in [5.41, 5.74) is 8.88. The Morgan fingerprint density at radius 1 is 1.07 bits per heavy atom. The maximum Gasteiger partial charge on any atom is 0.415 e. The van der Waals surface area contributed by atoms with Crippen molar-refractivity contribution >= 4 is 24.2 Å². The third-order valence-electron chi connectivity index (χ3n) is 0.641. The molecule has 0 spiro atoms. The van der Waals surface area contributed by atoms with Gasteiger partial charge in [0, 0.05) is 0 Å². The Hall–Kier alpha value is -2.52. The SMILES string of the molecule is COC(=O)NC(N)=O.NC(=O)NC(=O)O.